The van der Waals surface area contributed by atoms with Crippen LogP contribution < -0.4 is 0 Å². The first-order chi connectivity index (χ1) is 16.2. The van der Waals surface area contributed by atoms with Gasteiger partial charge in [-0.05, 0) is 65.3 Å². The summed E-state index contributed by atoms with van der Waals surface area (Å²) < 4.78 is 68.1. The van der Waals surface area contributed by atoms with Gasteiger partial charge in [-0.25, -0.2) is 4.79 Å². The summed E-state index contributed by atoms with van der Waals surface area (Å²) in [4.78, 5) is 13.8. The van der Waals surface area contributed by atoms with Gasteiger partial charge in [-0.15, -0.1) is 0 Å². The zero-order valence-electron chi connectivity index (χ0n) is 20.4. The third-order valence-corrected chi connectivity index (χ3v) is 7.97. The highest BCUT2D eigenvalue weighted by Gasteiger charge is 2.40. The van der Waals surface area contributed by atoms with Crippen LogP contribution in [0.5, 0.6) is 0 Å². The Kier molecular flexibility index (Phi) is 7.95. The largest absolute Gasteiger partial charge is 0.444 e. The molecular formula is C24H31NO8S2. The molecule has 1 heterocycles. The van der Waals surface area contributed by atoms with Gasteiger partial charge in [-0.2, -0.15) is 16.8 Å². The number of ether oxygens (including phenoxy) is 1. The smallest absolute Gasteiger partial charge is 0.410 e. The molecule has 35 heavy (non-hydrogen) atoms. The van der Waals surface area contributed by atoms with Crippen molar-refractivity contribution >= 4 is 26.3 Å². The Morgan fingerprint density at radius 3 is 1.66 bits per heavy atom. The molecule has 192 valence electrons. The second-order valence-corrected chi connectivity index (χ2v) is 12.7. The van der Waals surface area contributed by atoms with E-state index in [-0.39, 0.29) is 29.3 Å². The summed E-state index contributed by atoms with van der Waals surface area (Å²) in [6, 6.07) is 12.2. The second kappa shape index (κ2) is 10.3. The Labute approximate surface area is 207 Å². The Hall–Kier alpha value is -2.47. The van der Waals surface area contributed by atoms with Crippen LogP contribution in [0.2, 0.25) is 0 Å². The summed E-state index contributed by atoms with van der Waals surface area (Å²) >= 11 is 0. The number of hydrogen-bond donors (Lipinski definition) is 0. The van der Waals surface area contributed by atoms with Crippen LogP contribution in [0.3, 0.4) is 0 Å². The number of carbonyl (C=O) groups excluding carboxylic acids is 1. The average Bonchev–Trinajstić information content (AvgIpc) is 2.74. The van der Waals surface area contributed by atoms with Crippen LogP contribution in [0, 0.1) is 13.8 Å². The monoisotopic (exact) mass is 525 g/mol. The van der Waals surface area contributed by atoms with Crippen LogP contribution >= 0.6 is 0 Å². The van der Waals surface area contributed by atoms with Gasteiger partial charge in [0.15, 0.2) is 0 Å². The van der Waals surface area contributed by atoms with Gasteiger partial charge in [-0.1, -0.05) is 35.4 Å². The number of hydrogen-bond acceptors (Lipinski definition) is 8. The summed E-state index contributed by atoms with van der Waals surface area (Å²) in [6.45, 7) is 8.65. The van der Waals surface area contributed by atoms with Gasteiger partial charge in [0.1, 0.15) is 17.8 Å². The minimum atomic E-state index is -4.27. The molecule has 11 heteroatoms. The summed E-state index contributed by atoms with van der Waals surface area (Å²) in [5.41, 5.74) is 0.979. The van der Waals surface area contributed by atoms with Crippen LogP contribution in [0.1, 0.15) is 38.3 Å². The van der Waals surface area contributed by atoms with Crippen LogP contribution in [-0.4, -0.2) is 58.7 Å². The van der Waals surface area contributed by atoms with Crippen molar-refractivity contribution in [1.29, 1.82) is 0 Å². The quantitative estimate of drug-likeness (QED) is 0.523. The van der Waals surface area contributed by atoms with Crippen molar-refractivity contribution in [1.82, 2.24) is 4.90 Å². The minimum absolute atomic E-state index is 0.0262. The molecule has 0 unspecified atom stereocenters. The lowest BCUT2D eigenvalue weighted by atomic mass is 10.1. The number of likely N-dealkylation sites (tertiary alicyclic amines) is 1. The number of amides is 1. The van der Waals surface area contributed by atoms with Crippen LogP contribution in [-0.2, 0) is 33.3 Å². The maximum Gasteiger partial charge on any atom is 0.410 e. The molecule has 3 rings (SSSR count). The van der Waals surface area contributed by atoms with Crippen LogP contribution in [0.25, 0.3) is 0 Å². The Morgan fingerprint density at radius 1 is 0.800 bits per heavy atom. The molecule has 1 fully saturated rings. The lowest BCUT2D eigenvalue weighted by Crippen LogP contribution is -2.53. The molecule has 2 aromatic rings. The molecule has 1 aliphatic heterocycles. The molecule has 0 radical (unpaired) electrons. The van der Waals surface area contributed by atoms with E-state index in [1.54, 1.807) is 45.0 Å². The maximum atomic E-state index is 13.0. The summed E-state index contributed by atoms with van der Waals surface area (Å²) in [7, 11) is -8.48. The molecule has 2 atom stereocenters. The molecule has 0 saturated carbocycles. The zero-order chi connectivity index (χ0) is 26.0. The highest BCUT2D eigenvalue weighted by Crippen LogP contribution is 2.27. The molecule has 2 aromatic carbocycles. The lowest BCUT2D eigenvalue weighted by molar-refractivity contribution is -0.0241. The van der Waals surface area contributed by atoms with Crippen molar-refractivity contribution in [3.63, 3.8) is 0 Å². The fourth-order valence-electron chi connectivity index (χ4n) is 3.44. The molecule has 1 aliphatic rings. The number of benzene rings is 2. The number of rotatable bonds is 6. The lowest BCUT2D eigenvalue weighted by Gasteiger charge is -2.37. The summed E-state index contributed by atoms with van der Waals surface area (Å²) in [5, 5.41) is 0. The molecule has 9 nitrogen and oxygen atoms in total. The molecule has 0 N–H and O–H groups in total. The number of aryl methyl sites for hydroxylation is 2. The highest BCUT2D eigenvalue weighted by atomic mass is 32.2. The van der Waals surface area contributed by atoms with E-state index in [1.165, 1.54) is 29.2 Å². The van der Waals surface area contributed by atoms with Crippen molar-refractivity contribution in [2.45, 2.75) is 68.6 Å². The standard InChI is InChI=1S/C24H31NO8S2/c1-17-6-10-19(11-7-17)34(27,28)32-21-14-15-25(23(26)31-24(3,4)5)16-22(21)33-35(29,30)20-12-8-18(2)9-13-20/h6-13,21-22H,14-16H2,1-5H3/t21-,22-/m0/s1. The van der Waals surface area contributed by atoms with Crippen LogP contribution in [0.4, 0.5) is 4.79 Å². The first kappa shape index (κ1) is 27.1. The van der Waals surface area contributed by atoms with Gasteiger partial charge in [0.25, 0.3) is 20.2 Å². The molecule has 0 bridgehead atoms. The molecule has 1 amide bonds. The predicted molar refractivity (Wildman–Crippen MR) is 129 cm³/mol. The van der Waals surface area contributed by atoms with Gasteiger partial charge < -0.3 is 9.64 Å². The normalized spacial score (nSPS) is 19.4. The summed E-state index contributed by atoms with van der Waals surface area (Å²) in [5.74, 6) is 0. The molecule has 0 aliphatic carbocycles. The van der Waals surface area contributed by atoms with Crippen molar-refractivity contribution in [2.75, 3.05) is 13.1 Å². The molecule has 0 aromatic heterocycles. The van der Waals surface area contributed by atoms with Gasteiger partial charge in [0, 0.05) is 6.54 Å². The fraction of sp³-hybridized carbons (Fsp3) is 0.458. The van der Waals surface area contributed by atoms with Gasteiger partial charge >= 0.3 is 6.09 Å². The van der Waals surface area contributed by atoms with Crippen LogP contribution in [0.15, 0.2) is 58.3 Å². The number of nitrogens with zero attached hydrogens (tertiary/aromatic N) is 1. The van der Waals surface area contributed by atoms with Crippen molar-refractivity contribution in [2.24, 2.45) is 0 Å². The SMILES string of the molecule is Cc1ccc(S(=O)(=O)O[C@H]2CCN(C(=O)OC(C)(C)C)C[C@@H]2OS(=O)(=O)c2ccc(C)cc2)cc1. The van der Waals surface area contributed by atoms with E-state index >= 15 is 0 Å². The Bertz CT molecular complexity index is 1250. The number of piperidine rings is 1. The van der Waals surface area contributed by atoms with E-state index in [0.717, 1.165) is 11.1 Å². The highest BCUT2D eigenvalue weighted by molar-refractivity contribution is 7.87. The van der Waals surface area contributed by atoms with Crippen molar-refractivity contribution in [3.8, 4) is 0 Å². The second-order valence-electron chi connectivity index (χ2n) is 9.52. The van der Waals surface area contributed by atoms with E-state index in [0.29, 0.717) is 0 Å². The van der Waals surface area contributed by atoms with E-state index in [2.05, 4.69) is 0 Å². The summed E-state index contributed by atoms with van der Waals surface area (Å²) in [6.07, 6.45) is -3.04. The van der Waals surface area contributed by atoms with E-state index in [9.17, 15) is 21.6 Å². The van der Waals surface area contributed by atoms with E-state index in [4.69, 9.17) is 13.1 Å². The first-order valence-corrected chi connectivity index (χ1v) is 14.0. The van der Waals surface area contributed by atoms with Gasteiger partial charge in [-0.3, -0.25) is 8.37 Å². The minimum Gasteiger partial charge on any atom is -0.444 e. The topological polar surface area (TPSA) is 116 Å². The van der Waals surface area contributed by atoms with Gasteiger partial charge in [0.2, 0.25) is 0 Å². The molecular weight excluding hydrogens is 494 g/mol. The maximum absolute atomic E-state index is 13.0. The number of carbonyl (C=O) groups is 1. The third kappa shape index (κ3) is 7.26. The first-order valence-electron chi connectivity index (χ1n) is 11.1. The Balaban J connectivity index is 1.87. The Morgan fingerprint density at radius 2 is 1.23 bits per heavy atom. The molecule has 1 saturated heterocycles. The van der Waals surface area contributed by atoms with E-state index < -0.39 is 44.1 Å². The van der Waals surface area contributed by atoms with Crippen molar-refractivity contribution in [3.05, 3.63) is 59.7 Å². The fourth-order valence-corrected chi connectivity index (χ4v) is 5.65. The van der Waals surface area contributed by atoms with Gasteiger partial charge in [0.05, 0.1) is 16.3 Å². The van der Waals surface area contributed by atoms with E-state index in [1.807, 2.05) is 13.8 Å². The predicted octanol–water partition coefficient (Wildman–Crippen LogP) is 3.79. The zero-order valence-corrected chi connectivity index (χ0v) is 22.1. The van der Waals surface area contributed by atoms with Crippen molar-refractivity contribution < 1.29 is 34.7 Å². The third-order valence-electron chi connectivity index (χ3n) is 5.27. The average molecular weight is 526 g/mol. The molecule has 0 spiro atoms.